The van der Waals surface area contributed by atoms with Crippen LogP contribution in [0, 0.1) is 0 Å². The van der Waals surface area contributed by atoms with Gasteiger partial charge in [0, 0.05) is 12.6 Å². The van der Waals surface area contributed by atoms with Crippen molar-refractivity contribution in [2.75, 3.05) is 27.2 Å². The van der Waals surface area contributed by atoms with Crippen LogP contribution in [0.25, 0.3) is 0 Å². The molecular formula is C9H13N3O3. The van der Waals surface area contributed by atoms with Crippen molar-refractivity contribution >= 4 is 5.97 Å². The lowest BCUT2D eigenvalue weighted by Gasteiger charge is -2.09. The summed E-state index contributed by atoms with van der Waals surface area (Å²) in [6.45, 7) is 1.18. The molecule has 0 atom stereocenters. The molecule has 0 fully saturated rings. The lowest BCUT2D eigenvalue weighted by atomic mass is 10.3. The zero-order valence-electron chi connectivity index (χ0n) is 8.67. The molecule has 6 nitrogen and oxygen atoms in total. The fourth-order valence-corrected chi connectivity index (χ4v) is 0.867. The Hall–Kier alpha value is -1.69. The van der Waals surface area contributed by atoms with E-state index in [1.165, 1.54) is 12.3 Å². The summed E-state index contributed by atoms with van der Waals surface area (Å²) in [6, 6.07) is 1.35. The van der Waals surface area contributed by atoms with E-state index in [0.29, 0.717) is 6.61 Å². The number of hydrogen-bond donors (Lipinski definition) is 1. The average Bonchev–Trinajstić information content (AvgIpc) is 2.17. The second-order valence-corrected chi connectivity index (χ2v) is 3.24. The van der Waals surface area contributed by atoms with Crippen LogP contribution in [0.1, 0.15) is 10.4 Å². The third-order valence-corrected chi connectivity index (χ3v) is 1.67. The standard InChI is InChI=1S/C9H13N3O3/c1-12(2)3-4-15-8-5-7(9(13)14)6-10-11-8/h5-6H,3-4H2,1-2H3,(H,13,14). The number of likely N-dealkylation sites (N-methyl/N-ethyl adjacent to an activating group) is 1. The molecule has 0 aromatic carbocycles. The fraction of sp³-hybridized carbons (Fsp3) is 0.444. The average molecular weight is 211 g/mol. The van der Waals surface area contributed by atoms with E-state index in [-0.39, 0.29) is 11.4 Å². The van der Waals surface area contributed by atoms with Gasteiger partial charge in [0.05, 0.1) is 11.8 Å². The highest BCUT2D eigenvalue weighted by Crippen LogP contribution is 2.07. The molecule has 0 saturated heterocycles. The quantitative estimate of drug-likeness (QED) is 0.745. The van der Waals surface area contributed by atoms with Crippen LogP contribution in [0.15, 0.2) is 12.3 Å². The molecule has 0 amide bonds. The Labute approximate surface area is 87.5 Å². The maximum atomic E-state index is 10.6. The Morgan fingerprint density at radius 1 is 1.60 bits per heavy atom. The lowest BCUT2D eigenvalue weighted by molar-refractivity contribution is 0.0695. The minimum Gasteiger partial charge on any atom is -0.478 e. The zero-order chi connectivity index (χ0) is 11.3. The van der Waals surface area contributed by atoms with Crippen LogP contribution in [-0.4, -0.2) is 53.4 Å². The summed E-state index contributed by atoms with van der Waals surface area (Å²) in [5, 5.41) is 15.9. The Kier molecular flexibility index (Phi) is 3.99. The van der Waals surface area contributed by atoms with Gasteiger partial charge in [0.1, 0.15) is 6.61 Å². The highest BCUT2D eigenvalue weighted by molar-refractivity contribution is 5.87. The number of aromatic nitrogens is 2. The predicted molar refractivity (Wildman–Crippen MR) is 53.0 cm³/mol. The second kappa shape index (κ2) is 5.26. The van der Waals surface area contributed by atoms with E-state index in [4.69, 9.17) is 9.84 Å². The molecule has 1 rings (SSSR count). The van der Waals surface area contributed by atoms with Crippen molar-refractivity contribution in [2.45, 2.75) is 0 Å². The van der Waals surface area contributed by atoms with Gasteiger partial charge in [-0.15, -0.1) is 5.10 Å². The number of carbonyl (C=O) groups is 1. The van der Waals surface area contributed by atoms with E-state index < -0.39 is 5.97 Å². The van der Waals surface area contributed by atoms with Crippen molar-refractivity contribution in [1.82, 2.24) is 15.1 Å². The normalized spacial score (nSPS) is 10.3. The van der Waals surface area contributed by atoms with Crippen molar-refractivity contribution in [3.63, 3.8) is 0 Å². The highest BCUT2D eigenvalue weighted by Gasteiger charge is 2.05. The molecule has 0 saturated carbocycles. The van der Waals surface area contributed by atoms with Gasteiger partial charge in [-0.3, -0.25) is 0 Å². The molecule has 0 bridgehead atoms. The van der Waals surface area contributed by atoms with Crippen molar-refractivity contribution in [3.8, 4) is 5.88 Å². The van der Waals surface area contributed by atoms with Crippen LogP contribution in [0.4, 0.5) is 0 Å². The Balaban J connectivity index is 2.54. The van der Waals surface area contributed by atoms with E-state index >= 15 is 0 Å². The number of rotatable bonds is 5. The van der Waals surface area contributed by atoms with Crippen LogP contribution in [0.3, 0.4) is 0 Å². The summed E-state index contributed by atoms with van der Waals surface area (Å²) in [5.74, 6) is -0.806. The molecule has 1 aromatic heterocycles. The summed E-state index contributed by atoms with van der Waals surface area (Å²) in [5.41, 5.74) is 0.0739. The van der Waals surface area contributed by atoms with E-state index in [1.807, 2.05) is 19.0 Å². The number of hydrogen-bond acceptors (Lipinski definition) is 5. The SMILES string of the molecule is CN(C)CCOc1cc(C(=O)O)cnn1. The van der Waals surface area contributed by atoms with Gasteiger partial charge in [-0.1, -0.05) is 0 Å². The summed E-state index contributed by atoms with van der Waals surface area (Å²) in [6.07, 6.45) is 1.18. The summed E-state index contributed by atoms with van der Waals surface area (Å²) in [4.78, 5) is 12.6. The van der Waals surface area contributed by atoms with Gasteiger partial charge < -0.3 is 14.7 Å². The van der Waals surface area contributed by atoms with Gasteiger partial charge in [-0.2, -0.15) is 5.10 Å². The fourth-order valence-electron chi connectivity index (χ4n) is 0.867. The van der Waals surface area contributed by atoms with Gasteiger partial charge >= 0.3 is 5.97 Å². The molecule has 1 aromatic rings. The monoisotopic (exact) mass is 211 g/mol. The van der Waals surface area contributed by atoms with Crippen molar-refractivity contribution in [3.05, 3.63) is 17.8 Å². The smallest absolute Gasteiger partial charge is 0.337 e. The third kappa shape index (κ3) is 3.90. The number of nitrogens with zero attached hydrogens (tertiary/aromatic N) is 3. The molecule has 0 spiro atoms. The van der Waals surface area contributed by atoms with Gasteiger partial charge in [0.2, 0.25) is 5.88 Å². The first kappa shape index (κ1) is 11.4. The van der Waals surface area contributed by atoms with Crippen LogP contribution in [-0.2, 0) is 0 Å². The Bertz CT molecular complexity index is 341. The van der Waals surface area contributed by atoms with Crippen LogP contribution >= 0.6 is 0 Å². The van der Waals surface area contributed by atoms with Crippen LogP contribution in [0.5, 0.6) is 5.88 Å². The zero-order valence-corrected chi connectivity index (χ0v) is 8.67. The lowest BCUT2D eigenvalue weighted by Crippen LogP contribution is -2.19. The van der Waals surface area contributed by atoms with E-state index in [1.54, 1.807) is 0 Å². The minimum absolute atomic E-state index is 0.0739. The molecule has 82 valence electrons. The number of carboxylic acid groups (broad SMARTS) is 1. The van der Waals surface area contributed by atoms with Gasteiger partial charge in [0.25, 0.3) is 0 Å². The van der Waals surface area contributed by atoms with E-state index in [2.05, 4.69) is 10.2 Å². The summed E-state index contributed by atoms with van der Waals surface area (Å²) in [7, 11) is 3.84. The summed E-state index contributed by atoms with van der Waals surface area (Å²) >= 11 is 0. The highest BCUT2D eigenvalue weighted by atomic mass is 16.5. The van der Waals surface area contributed by atoms with E-state index in [9.17, 15) is 4.79 Å². The maximum absolute atomic E-state index is 10.6. The molecule has 6 heteroatoms. The largest absolute Gasteiger partial charge is 0.478 e. The Morgan fingerprint density at radius 3 is 2.93 bits per heavy atom. The van der Waals surface area contributed by atoms with Crippen LogP contribution < -0.4 is 4.74 Å². The molecule has 0 radical (unpaired) electrons. The number of aromatic carboxylic acids is 1. The van der Waals surface area contributed by atoms with Gasteiger partial charge in [-0.25, -0.2) is 4.79 Å². The molecule has 1 N–H and O–H groups in total. The maximum Gasteiger partial charge on any atom is 0.337 e. The first-order chi connectivity index (χ1) is 7.09. The summed E-state index contributed by atoms with van der Waals surface area (Å²) < 4.78 is 5.23. The van der Waals surface area contributed by atoms with Crippen molar-refractivity contribution in [2.24, 2.45) is 0 Å². The van der Waals surface area contributed by atoms with Gasteiger partial charge in [-0.05, 0) is 14.1 Å². The van der Waals surface area contributed by atoms with E-state index in [0.717, 1.165) is 6.54 Å². The molecule has 0 aliphatic carbocycles. The molecule has 0 aliphatic rings. The van der Waals surface area contributed by atoms with Crippen molar-refractivity contribution in [1.29, 1.82) is 0 Å². The first-order valence-electron chi connectivity index (χ1n) is 4.43. The molecule has 0 unspecified atom stereocenters. The van der Waals surface area contributed by atoms with Gasteiger partial charge in [0.15, 0.2) is 0 Å². The molecule has 15 heavy (non-hydrogen) atoms. The predicted octanol–water partition coefficient (Wildman–Crippen LogP) is 0.115. The van der Waals surface area contributed by atoms with Crippen LogP contribution in [0.2, 0.25) is 0 Å². The Morgan fingerprint density at radius 2 is 2.33 bits per heavy atom. The number of ether oxygens (including phenoxy) is 1. The second-order valence-electron chi connectivity index (χ2n) is 3.24. The molecule has 0 aliphatic heterocycles. The minimum atomic E-state index is -1.04. The molecular weight excluding hydrogens is 198 g/mol. The number of carboxylic acids is 1. The first-order valence-corrected chi connectivity index (χ1v) is 4.43. The topological polar surface area (TPSA) is 75.5 Å². The van der Waals surface area contributed by atoms with Crippen molar-refractivity contribution < 1.29 is 14.6 Å². The molecule has 1 heterocycles. The third-order valence-electron chi connectivity index (χ3n) is 1.67.